The molecule has 0 aliphatic heterocycles. The number of halogens is 2. The quantitative estimate of drug-likeness (QED) is 0.686. The Hall–Kier alpha value is -0.740. The summed E-state index contributed by atoms with van der Waals surface area (Å²) in [6.45, 7) is 1.78. The third-order valence-electron chi connectivity index (χ3n) is 1.99. The van der Waals surface area contributed by atoms with Crippen molar-refractivity contribution in [2.24, 2.45) is 0 Å². The molecule has 0 radical (unpaired) electrons. The minimum Gasteiger partial charge on any atom is -0.505 e. The molecule has 0 amide bonds. The van der Waals surface area contributed by atoms with Crippen molar-refractivity contribution in [1.29, 1.82) is 0 Å². The highest BCUT2D eigenvalue weighted by atomic mass is 79.9. The lowest BCUT2D eigenvalue weighted by molar-refractivity contribution is -0.141. The third kappa shape index (κ3) is 4.02. The Morgan fingerprint density at radius 2 is 2.25 bits per heavy atom. The summed E-state index contributed by atoms with van der Waals surface area (Å²) in [5.41, 5.74) is 0.988. The van der Waals surface area contributed by atoms with Gasteiger partial charge in [0.15, 0.2) is 0 Å². The van der Waals surface area contributed by atoms with Crippen LogP contribution in [0.15, 0.2) is 16.6 Å². The second-order valence-electron chi connectivity index (χ2n) is 3.35. The van der Waals surface area contributed by atoms with Gasteiger partial charge in [0.2, 0.25) is 0 Å². The van der Waals surface area contributed by atoms with E-state index in [-0.39, 0.29) is 11.7 Å². The van der Waals surface area contributed by atoms with Crippen molar-refractivity contribution < 1.29 is 14.6 Å². The van der Waals surface area contributed by atoms with E-state index in [9.17, 15) is 9.90 Å². The second kappa shape index (κ2) is 6.11. The van der Waals surface area contributed by atoms with Crippen molar-refractivity contribution in [2.75, 3.05) is 6.61 Å². The van der Waals surface area contributed by atoms with Crippen LogP contribution >= 0.6 is 27.5 Å². The first-order chi connectivity index (χ1) is 7.50. The van der Waals surface area contributed by atoms with Crippen molar-refractivity contribution in [3.63, 3.8) is 0 Å². The Kier molecular flexibility index (Phi) is 5.09. The predicted molar refractivity (Wildman–Crippen MR) is 65.8 cm³/mol. The van der Waals surface area contributed by atoms with Crippen molar-refractivity contribution in [1.82, 2.24) is 0 Å². The molecule has 1 rings (SSSR count). The SMILES string of the molecule is CC(=O)OCCCc1cc(Cl)c(O)c(Br)c1. The molecule has 5 heteroatoms. The van der Waals surface area contributed by atoms with Gasteiger partial charge in [0.25, 0.3) is 0 Å². The third-order valence-corrected chi connectivity index (χ3v) is 2.88. The Labute approximate surface area is 107 Å². The first-order valence-electron chi connectivity index (χ1n) is 4.81. The fraction of sp³-hybridized carbons (Fsp3) is 0.364. The molecule has 0 unspecified atom stereocenters. The van der Waals surface area contributed by atoms with E-state index < -0.39 is 0 Å². The maximum absolute atomic E-state index is 10.5. The number of carbonyl (C=O) groups is 1. The van der Waals surface area contributed by atoms with E-state index in [1.165, 1.54) is 6.92 Å². The Bertz CT molecular complexity index is 370. The van der Waals surface area contributed by atoms with E-state index in [0.717, 1.165) is 18.4 Å². The number of aryl methyl sites for hydroxylation is 1. The Balaban J connectivity index is 2.52. The summed E-state index contributed by atoms with van der Waals surface area (Å²) in [5, 5.41) is 9.74. The van der Waals surface area contributed by atoms with Gasteiger partial charge in [-0.25, -0.2) is 0 Å². The molecular weight excluding hydrogens is 295 g/mol. The number of carbonyl (C=O) groups excluding carboxylic acids is 1. The second-order valence-corrected chi connectivity index (χ2v) is 4.61. The number of ether oxygens (including phenoxy) is 1. The molecule has 0 atom stereocenters. The number of phenolic OH excluding ortho intramolecular Hbond substituents is 1. The lowest BCUT2D eigenvalue weighted by Crippen LogP contribution is -2.01. The van der Waals surface area contributed by atoms with Gasteiger partial charge in [-0.15, -0.1) is 0 Å². The normalized spacial score (nSPS) is 10.2. The summed E-state index contributed by atoms with van der Waals surface area (Å²) in [5.74, 6) is -0.227. The first-order valence-corrected chi connectivity index (χ1v) is 5.98. The fourth-order valence-corrected chi connectivity index (χ4v) is 2.12. The average Bonchev–Trinajstić information content (AvgIpc) is 2.20. The molecule has 1 N–H and O–H groups in total. The maximum atomic E-state index is 10.5. The minimum atomic E-state index is -0.273. The largest absolute Gasteiger partial charge is 0.505 e. The van der Waals surface area contributed by atoms with Gasteiger partial charge in [0, 0.05) is 6.92 Å². The minimum absolute atomic E-state index is 0.0467. The number of benzene rings is 1. The van der Waals surface area contributed by atoms with Crippen molar-refractivity contribution in [3.05, 3.63) is 27.2 Å². The lowest BCUT2D eigenvalue weighted by atomic mass is 10.1. The van der Waals surface area contributed by atoms with Crippen LogP contribution < -0.4 is 0 Å². The molecule has 88 valence electrons. The molecule has 0 heterocycles. The van der Waals surface area contributed by atoms with Crippen LogP contribution in [0.25, 0.3) is 0 Å². The molecular formula is C11H12BrClO3. The molecule has 0 aliphatic rings. The van der Waals surface area contributed by atoms with Gasteiger partial charge in [-0.1, -0.05) is 11.6 Å². The van der Waals surface area contributed by atoms with E-state index in [1.807, 2.05) is 0 Å². The smallest absolute Gasteiger partial charge is 0.302 e. The molecule has 0 saturated heterocycles. The molecule has 0 spiro atoms. The zero-order valence-corrected chi connectivity index (χ0v) is 11.1. The number of phenols is 1. The topological polar surface area (TPSA) is 46.5 Å². The van der Waals surface area contributed by atoms with Gasteiger partial charge in [-0.2, -0.15) is 0 Å². The molecule has 16 heavy (non-hydrogen) atoms. The van der Waals surface area contributed by atoms with Crippen LogP contribution in [-0.4, -0.2) is 17.7 Å². The van der Waals surface area contributed by atoms with Crippen LogP contribution in [0.2, 0.25) is 5.02 Å². The van der Waals surface area contributed by atoms with Gasteiger partial charge < -0.3 is 9.84 Å². The summed E-state index contributed by atoms with van der Waals surface area (Å²) in [7, 11) is 0. The van der Waals surface area contributed by atoms with Crippen LogP contribution in [0.1, 0.15) is 18.9 Å². The highest BCUT2D eigenvalue weighted by Gasteiger charge is 2.06. The van der Waals surface area contributed by atoms with E-state index in [1.54, 1.807) is 12.1 Å². The summed E-state index contributed by atoms with van der Waals surface area (Å²) in [4.78, 5) is 10.5. The van der Waals surface area contributed by atoms with Gasteiger partial charge in [0.05, 0.1) is 16.1 Å². The molecule has 0 bridgehead atoms. The number of aromatic hydroxyl groups is 1. The average molecular weight is 308 g/mol. The van der Waals surface area contributed by atoms with Crippen LogP contribution in [0.5, 0.6) is 5.75 Å². The van der Waals surface area contributed by atoms with Gasteiger partial charge in [-0.05, 0) is 46.5 Å². The highest BCUT2D eigenvalue weighted by molar-refractivity contribution is 9.10. The molecule has 0 fully saturated rings. The van der Waals surface area contributed by atoms with E-state index in [0.29, 0.717) is 16.1 Å². The number of hydrogen-bond acceptors (Lipinski definition) is 3. The van der Waals surface area contributed by atoms with Crippen LogP contribution in [0.3, 0.4) is 0 Å². The van der Waals surface area contributed by atoms with E-state index >= 15 is 0 Å². The monoisotopic (exact) mass is 306 g/mol. The lowest BCUT2D eigenvalue weighted by Gasteiger charge is -2.06. The van der Waals surface area contributed by atoms with Gasteiger partial charge >= 0.3 is 5.97 Å². The van der Waals surface area contributed by atoms with E-state index in [2.05, 4.69) is 15.9 Å². The Morgan fingerprint density at radius 1 is 1.56 bits per heavy atom. The fourth-order valence-electron chi connectivity index (χ4n) is 1.25. The van der Waals surface area contributed by atoms with E-state index in [4.69, 9.17) is 16.3 Å². The van der Waals surface area contributed by atoms with Crippen LogP contribution in [-0.2, 0) is 16.0 Å². The predicted octanol–water partition coefficient (Wildman–Crippen LogP) is 3.30. The van der Waals surface area contributed by atoms with Crippen molar-refractivity contribution in [2.45, 2.75) is 19.8 Å². The Morgan fingerprint density at radius 3 is 2.81 bits per heavy atom. The van der Waals surface area contributed by atoms with Crippen LogP contribution in [0, 0.1) is 0 Å². The zero-order chi connectivity index (χ0) is 12.1. The van der Waals surface area contributed by atoms with Gasteiger partial charge in [-0.3, -0.25) is 4.79 Å². The zero-order valence-electron chi connectivity index (χ0n) is 8.80. The molecule has 3 nitrogen and oxygen atoms in total. The summed E-state index contributed by atoms with van der Waals surface area (Å²) >= 11 is 9.03. The molecule has 0 aliphatic carbocycles. The molecule has 0 aromatic heterocycles. The van der Waals surface area contributed by atoms with Crippen molar-refractivity contribution in [3.8, 4) is 5.75 Å². The molecule has 0 saturated carbocycles. The first kappa shape index (κ1) is 13.3. The molecule has 1 aromatic carbocycles. The highest BCUT2D eigenvalue weighted by Crippen LogP contribution is 2.33. The maximum Gasteiger partial charge on any atom is 0.302 e. The van der Waals surface area contributed by atoms with Gasteiger partial charge in [0.1, 0.15) is 5.75 Å². The standard InChI is InChI=1S/C11H12BrClO3/c1-7(14)16-4-2-3-8-5-9(12)11(15)10(13)6-8/h5-6,15H,2-4H2,1H3. The summed E-state index contributed by atoms with van der Waals surface area (Å²) < 4.78 is 5.39. The number of rotatable bonds is 4. The summed E-state index contributed by atoms with van der Waals surface area (Å²) in [6, 6.07) is 3.50. The molecule has 1 aromatic rings. The number of hydrogen-bond donors (Lipinski definition) is 1. The van der Waals surface area contributed by atoms with Crippen molar-refractivity contribution >= 4 is 33.5 Å². The van der Waals surface area contributed by atoms with Crippen LogP contribution in [0.4, 0.5) is 0 Å². The summed E-state index contributed by atoms with van der Waals surface area (Å²) in [6.07, 6.45) is 1.47. The number of esters is 1.